The third-order valence-electron chi connectivity index (χ3n) is 3.29. The molecule has 0 aromatic heterocycles. The smallest absolute Gasteiger partial charge is 0.0920 e. The SMILES string of the molecule is CC(CC(=N)N)N1CCC(C)(C)CC1. The van der Waals surface area contributed by atoms with Crippen LogP contribution in [-0.4, -0.2) is 29.9 Å². The molecule has 1 unspecified atom stereocenters. The molecule has 0 spiro atoms. The molecule has 3 nitrogen and oxygen atoms in total. The highest BCUT2D eigenvalue weighted by molar-refractivity contribution is 5.77. The summed E-state index contributed by atoms with van der Waals surface area (Å²) in [5.41, 5.74) is 5.92. The van der Waals surface area contributed by atoms with E-state index in [1.807, 2.05) is 0 Å². The van der Waals surface area contributed by atoms with Gasteiger partial charge in [-0.1, -0.05) is 13.8 Å². The van der Waals surface area contributed by atoms with Gasteiger partial charge in [0.15, 0.2) is 0 Å². The standard InChI is InChI=1S/C11H23N3/c1-9(8-10(12)13)14-6-4-11(2,3)5-7-14/h9H,4-8H2,1-3H3,(H3,12,13). The zero-order valence-corrected chi connectivity index (χ0v) is 9.64. The minimum Gasteiger partial charge on any atom is -0.388 e. The van der Waals surface area contributed by atoms with Gasteiger partial charge < -0.3 is 10.6 Å². The van der Waals surface area contributed by atoms with Crippen LogP contribution in [0.4, 0.5) is 0 Å². The predicted molar refractivity (Wildman–Crippen MR) is 60.6 cm³/mol. The average Bonchev–Trinajstić information content (AvgIpc) is 2.02. The normalized spacial score (nSPS) is 24.5. The highest BCUT2D eigenvalue weighted by Crippen LogP contribution is 2.30. The van der Waals surface area contributed by atoms with Crippen molar-refractivity contribution in [1.82, 2.24) is 4.90 Å². The molecule has 1 aliphatic rings. The molecule has 1 atom stereocenters. The van der Waals surface area contributed by atoms with E-state index in [9.17, 15) is 0 Å². The van der Waals surface area contributed by atoms with Crippen LogP contribution in [0.1, 0.15) is 40.0 Å². The Labute approximate surface area is 87.2 Å². The van der Waals surface area contributed by atoms with E-state index < -0.39 is 0 Å². The zero-order valence-electron chi connectivity index (χ0n) is 9.64. The van der Waals surface area contributed by atoms with E-state index in [0.717, 1.165) is 13.1 Å². The van der Waals surface area contributed by atoms with Crippen LogP contribution in [0, 0.1) is 10.8 Å². The number of nitrogens with zero attached hydrogens (tertiary/aromatic N) is 1. The lowest BCUT2D eigenvalue weighted by atomic mass is 9.82. The van der Waals surface area contributed by atoms with Crippen LogP contribution in [0.3, 0.4) is 0 Å². The largest absolute Gasteiger partial charge is 0.388 e. The van der Waals surface area contributed by atoms with Gasteiger partial charge in [0.2, 0.25) is 0 Å². The molecule has 3 N–H and O–H groups in total. The number of nitrogens with two attached hydrogens (primary N) is 1. The van der Waals surface area contributed by atoms with Crippen molar-refractivity contribution >= 4 is 5.84 Å². The molecule has 0 radical (unpaired) electrons. The number of hydrogen-bond donors (Lipinski definition) is 2. The zero-order chi connectivity index (χ0) is 10.8. The minimum atomic E-state index is 0.308. The van der Waals surface area contributed by atoms with Gasteiger partial charge in [0.25, 0.3) is 0 Å². The summed E-state index contributed by atoms with van der Waals surface area (Å²) in [4.78, 5) is 2.45. The van der Waals surface area contributed by atoms with E-state index in [4.69, 9.17) is 11.1 Å². The monoisotopic (exact) mass is 197 g/mol. The fourth-order valence-corrected chi connectivity index (χ4v) is 2.02. The summed E-state index contributed by atoms with van der Waals surface area (Å²) in [5, 5.41) is 7.27. The highest BCUT2D eigenvalue weighted by Gasteiger charge is 2.27. The summed E-state index contributed by atoms with van der Waals surface area (Å²) in [6.07, 6.45) is 3.23. The molecule has 1 fully saturated rings. The fraction of sp³-hybridized carbons (Fsp3) is 0.909. The number of piperidine rings is 1. The van der Waals surface area contributed by atoms with Crippen molar-refractivity contribution in [2.45, 2.75) is 46.1 Å². The van der Waals surface area contributed by atoms with E-state index in [1.165, 1.54) is 12.8 Å². The second kappa shape index (κ2) is 4.30. The average molecular weight is 197 g/mol. The molecule has 1 aliphatic heterocycles. The number of likely N-dealkylation sites (tertiary alicyclic amines) is 1. The van der Waals surface area contributed by atoms with Crippen LogP contribution >= 0.6 is 0 Å². The lowest BCUT2D eigenvalue weighted by molar-refractivity contribution is 0.103. The molecular weight excluding hydrogens is 174 g/mol. The summed E-state index contributed by atoms with van der Waals surface area (Å²) in [5.74, 6) is 0.308. The van der Waals surface area contributed by atoms with Gasteiger partial charge in [-0.25, -0.2) is 0 Å². The van der Waals surface area contributed by atoms with Crippen LogP contribution in [0.2, 0.25) is 0 Å². The van der Waals surface area contributed by atoms with Crippen molar-refractivity contribution in [3.05, 3.63) is 0 Å². The van der Waals surface area contributed by atoms with Crippen LogP contribution in [-0.2, 0) is 0 Å². The molecule has 0 aromatic rings. The second-order valence-corrected chi connectivity index (χ2v) is 5.28. The molecule has 0 saturated carbocycles. The van der Waals surface area contributed by atoms with Gasteiger partial charge in [0.1, 0.15) is 0 Å². The third kappa shape index (κ3) is 3.29. The Hall–Kier alpha value is -0.570. The van der Waals surface area contributed by atoms with Crippen molar-refractivity contribution in [3.8, 4) is 0 Å². The van der Waals surface area contributed by atoms with Crippen molar-refractivity contribution in [1.29, 1.82) is 5.41 Å². The summed E-state index contributed by atoms with van der Waals surface area (Å²) < 4.78 is 0. The van der Waals surface area contributed by atoms with Gasteiger partial charge in [-0.2, -0.15) is 0 Å². The molecule has 3 heteroatoms. The number of nitrogens with one attached hydrogen (secondary N) is 1. The van der Waals surface area contributed by atoms with Gasteiger partial charge in [-0.3, -0.25) is 5.41 Å². The maximum atomic E-state index is 7.27. The Balaban J connectivity index is 2.37. The molecular formula is C11H23N3. The Morgan fingerprint density at radius 3 is 2.36 bits per heavy atom. The Kier molecular flexibility index (Phi) is 3.53. The summed E-state index contributed by atoms with van der Waals surface area (Å²) in [6.45, 7) is 9.14. The van der Waals surface area contributed by atoms with Crippen molar-refractivity contribution in [2.24, 2.45) is 11.1 Å². The topological polar surface area (TPSA) is 53.1 Å². The highest BCUT2D eigenvalue weighted by atomic mass is 15.2. The minimum absolute atomic E-state index is 0.308. The van der Waals surface area contributed by atoms with E-state index >= 15 is 0 Å². The Bertz CT molecular complexity index is 201. The first kappa shape index (κ1) is 11.5. The summed E-state index contributed by atoms with van der Waals surface area (Å²) in [7, 11) is 0. The van der Waals surface area contributed by atoms with E-state index in [-0.39, 0.29) is 0 Å². The van der Waals surface area contributed by atoms with Crippen LogP contribution in [0.5, 0.6) is 0 Å². The van der Waals surface area contributed by atoms with Crippen LogP contribution in [0.25, 0.3) is 0 Å². The molecule has 1 heterocycles. The predicted octanol–water partition coefficient (Wildman–Crippen LogP) is 1.82. The summed E-state index contributed by atoms with van der Waals surface area (Å²) in [6, 6.07) is 0.434. The van der Waals surface area contributed by atoms with Crippen molar-refractivity contribution in [3.63, 3.8) is 0 Å². The van der Waals surface area contributed by atoms with Gasteiger partial charge in [-0.15, -0.1) is 0 Å². The van der Waals surface area contributed by atoms with Gasteiger partial charge >= 0.3 is 0 Å². The van der Waals surface area contributed by atoms with E-state index in [0.29, 0.717) is 23.7 Å². The molecule has 1 rings (SSSR count). The van der Waals surface area contributed by atoms with Gasteiger partial charge in [0.05, 0.1) is 5.84 Å². The lowest BCUT2D eigenvalue weighted by Crippen LogP contribution is -2.43. The maximum Gasteiger partial charge on any atom is 0.0920 e. The first-order valence-electron chi connectivity index (χ1n) is 5.48. The first-order valence-corrected chi connectivity index (χ1v) is 5.48. The first-order chi connectivity index (χ1) is 6.41. The molecule has 82 valence electrons. The van der Waals surface area contributed by atoms with Crippen LogP contribution in [0.15, 0.2) is 0 Å². The quantitative estimate of drug-likeness (QED) is 0.535. The van der Waals surface area contributed by atoms with Crippen molar-refractivity contribution in [2.75, 3.05) is 13.1 Å². The maximum absolute atomic E-state index is 7.27. The number of hydrogen-bond acceptors (Lipinski definition) is 2. The molecule has 0 aromatic carbocycles. The third-order valence-corrected chi connectivity index (χ3v) is 3.29. The van der Waals surface area contributed by atoms with Gasteiger partial charge in [-0.05, 0) is 38.3 Å². The van der Waals surface area contributed by atoms with Gasteiger partial charge in [0, 0.05) is 12.5 Å². The lowest BCUT2D eigenvalue weighted by Gasteiger charge is -2.39. The molecule has 0 aliphatic carbocycles. The number of amidine groups is 1. The Morgan fingerprint density at radius 2 is 1.93 bits per heavy atom. The molecule has 1 saturated heterocycles. The summed E-state index contributed by atoms with van der Waals surface area (Å²) >= 11 is 0. The molecule has 0 amide bonds. The van der Waals surface area contributed by atoms with E-state index in [2.05, 4.69) is 25.7 Å². The fourth-order valence-electron chi connectivity index (χ4n) is 2.02. The van der Waals surface area contributed by atoms with Crippen LogP contribution < -0.4 is 5.73 Å². The van der Waals surface area contributed by atoms with Crippen molar-refractivity contribution < 1.29 is 0 Å². The molecule has 0 bridgehead atoms. The Morgan fingerprint density at radius 1 is 1.43 bits per heavy atom. The van der Waals surface area contributed by atoms with E-state index in [1.54, 1.807) is 0 Å². The molecule has 14 heavy (non-hydrogen) atoms. The second-order valence-electron chi connectivity index (χ2n) is 5.28. The number of rotatable bonds is 3.